The summed E-state index contributed by atoms with van der Waals surface area (Å²) in [5, 5.41) is 3.63. The Balaban J connectivity index is 2.06. The van der Waals surface area contributed by atoms with Gasteiger partial charge in [0.2, 0.25) is 0 Å². The molecule has 1 aliphatic heterocycles. The minimum atomic E-state index is -0.208. The molecule has 0 aromatic heterocycles. The predicted molar refractivity (Wildman–Crippen MR) is 110 cm³/mol. The standard InChI is InChI=1S/C22H23N3O2/c1-23(2)11-12-25-21(26)16-9-10-18(24(3)4)17-13-14-7-5-6-8-15(14)20(19(16)17)22(25)27/h5-10,13H,11-12H2,1-4H3. The van der Waals surface area contributed by atoms with Gasteiger partial charge in [-0.1, -0.05) is 24.3 Å². The van der Waals surface area contributed by atoms with Gasteiger partial charge in [0, 0.05) is 49.2 Å². The number of imide groups is 1. The summed E-state index contributed by atoms with van der Waals surface area (Å²) in [5.41, 5.74) is 2.25. The molecule has 0 radical (unpaired) electrons. The first-order chi connectivity index (χ1) is 12.9. The lowest BCUT2D eigenvalue weighted by atomic mass is 9.88. The average Bonchev–Trinajstić information content (AvgIpc) is 2.63. The number of carbonyl (C=O) groups is 2. The number of anilines is 1. The first kappa shape index (κ1) is 17.5. The number of amides is 2. The molecule has 0 fully saturated rings. The molecule has 1 heterocycles. The largest absolute Gasteiger partial charge is 0.377 e. The van der Waals surface area contributed by atoms with E-state index in [2.05, 4.69) is 6.07 Å². The van der Waals surface area contributed by atoms with Crippen LogP contribution in [0.4, 0.5) is 5.69 Å². The summed E-state index contributed by atoms with van der Waals surface area (Å²) < 4.78 is 0. The second-order valence-corrected chi connectivity index (χ2v) is 7.49. The molecule has 0 saturated carbocycles. The van der Waals surface area contributed by atoms with Crippen molar-refractivity contribution in [2.75, 3.05) is 46.2 Å². The van der Waals surface area contributed by atoms with Gasteiger partial charge in [0.1, 0.15) is 0 Å². The summed E-state index contributed by atoms with van der Waals surface area (Å²) in [7, 11) is 7.82. The van der Waals surface area contributed by atoms with E-state index in [1.165, 1.54) is 4.90 Å². The molecule has 0 atom stereocenters. The van der Waals surface area contributed by atoms with E-state index in [0.29, 0.717) is 24.2 Å². The van der Waals surface area contributed by atoms with E-state index in [1.807, 2.05) is 74.4 Å². The Morgan fingerprint density at radius 3 is 2.33 bits per heavy atom. The normalized spacial score (nSPS) is 13.9. The Labute approximate surface area is 158 Å². The van der Waals surface area contributed by atoms with Gasteiger partial charge in [-0.15, -0.1) is 0 Å². The fourth-order valence-electron chi connectivity index (χ4n) is 3.83. The summed E-state index contributed by atoms with van der Waals surface area (Å²) in [4.78, 5) is 31.9. The molecule has 1 aliphatic rings. The minimum Gasteiger partial charge on any atom is -0.377 e. The van der Waals surface area contributed by atoms with E-state index in [-0.39, 0.29) is 11.8 Å². The van der Waals surface area contributed by atoms with Crippen LogP contribution in [0.1, 0.15) is 20.7 Å². The van der Waals surface area contributed by atoms with E-state index in [1.54, 1.807) is 0 Å². The van der Waals surface area contributed by atoms with Crippen LogP contribution < -0.4 is 4.90 Å². The highest BCUT2D eigenvalue weighted by Crippen LogP contribution is 2.39. The molecule has 3 aromatic carbocycles. The van der Waals surface area contributed by atoms with Crippen LogP contribution in [-0.4, -0.2) is 62.9 Å². The third-order valence-electron chi connectivity index (χ3n) is 5.19. The lowest BCUT2D eigenvalue weighted by Crippen LogP contribution is -2.43. The van der Waals surface area contributed by atoms with Gasteiger partial charge in [0.25, 0.3) is 11.8 Å². The Kier molecular flexibility index (Phi) is 4.12. The summed E-state index contributed by atoms with van der Waals surface area (Å²) in [6.45, 7) is 1.01. The van der Waals surface area contributed by atoms with Gasteiger partial charge in [-0.2, -0.15) is 0 Å². The highest BCUT2D eigenvalue weighted by molar-refractivity contribution is 6.31. The van der Waals surface area contributed by atoms with E-state index < -0.39 is 0 Å². The molecule has 5 nitrogen and oxygen atoms in total. The van der Waals surface area contributed by atoms with Crippen molar-refractivity contribution in [2.24, 2.45) is 0 Å². The molecule has 2 amide bonds. The fourth-order valence-corrected chi connectivity index (χ4v) is 3.83. The first-order valence-electron chi connectivity index (χ1n) is 9.07. The van der Waals surface area contributed by atoms with Crippen molar-refractivity contribution in [1.29, 1.82) is 0 Å². The zero-order chi connectivity index (χ0) is 19.3. The maximum atomic E-state index is 13.4. The number of hydrogen-bond acceptors (Lipinski definition) is 4. The van der Waals surface area contributed by atoms with Crippen molar-refractivity contribution < 1.29 is 9.59 Å². The maximum absolute atomic E-state index is 13.4. The Bertz CT molecular complexity index is 1090. The molecule has 138 valence electrons. The van der Waals surface area contributed by atoms with E-state index in [4.69, 9.17) is 0 Å². The number of likely N-dealkylation sites (N-methyl/N-ethyl adjacent to an activating group) is 1. The van der Waals surface area contributed by atoms with E-state index in [0.717, 1.165) is 27.2 Å². The van der Waals surface area contributed by atoms with Crippen molar-refractivity contribution in [2.45, 2.75) is 0 Å². The summed E-state index contributed by atoms with van der Waals surface area (Å²) in [6.07, 6.45) is 0. The van der Waals surface area contributed by atoms with Gasteiger partial charge in [0.05, 0.1) is 5.56 Å². The zero-order valence-electron chi connectivity index (χ0n) is 16.1. The average molecular weight is 361 g/mol. The van der Waals surface area contributed by atoms with Gasteiger partial charge in [0.15, 0.2) is 0 Å². The minimum absolute atomic E-state index is 0.202. The number of benzene rings is 3. The van der Waals surface area contributed by atoms with Gasteiger partial charge < -0.3 is 9.80 Å². The van der Waals surface area contributed by atoms with Crippen LogP contribution in [0, 0.1) is 0 Å². The first-order valence-corrected chi connectivity index (χ1v) is 9.07. The lowest BCUT2D eigenvalue weighted by Gasteiger charge is -2.30. The van der Waals surface area contributed by atoms with Crippen LogP contribution in [0.2, 0.25) is 0 Å². The number of fused-ring (bicyclic) bond motifs is 2. The molecule has 3 aromatic rings. The molecule has 0 saturated heterocycles. The molecule has 27 heavy (non-hydrogen) atoms. The van der Waals surface area contributed by atoms with Crippen LogP contribution >= 0.6 is 0 Å². The summed E-state index contributed by atoms with van der Waals surface area (Å²) in [6, 6.07) is 13.8. The monoisotopic (exact) mass is 361 g/mol. The molecular weight excluding hydrogens is 338 g/mol. The number of hydrogen-bond donors (Lipinski definition) is 0. The fraction of sp³-hybridized carbons (Fsp3) is 0.273. The Morgan fingerprint density at radius 1 is 0.889 bits per heavy atom. The topological polar surface area (TPSA) is 43.9 Å². The molecule has 5 heteroatoms. The van der Waals surface area contributed by atoms with Crippen molar-refractivity contribution >= 4 is 39.0 Å². The van der Waals surface area contributed by atoms with Gasteiger partial charge in [-0.3, -0.25) is 14.5 Å². The summed E-state index contributed by atoms with van der Waals surface area (Å²) in [5.74, 6) is -0.410. The molecule has 0 unspecified atom stereocenters. The van der Waals surface area contributed by atoms with Gasteiger partial charge in [-0.25, -0.2) is 0 Å². The molecule has 0 spiro atoms. The number of carbonyl (C=O) groups excluding carboxylic acids is 2. The molecule has 0 N–H and O–H groups in total. The maximum Gasteiger partial charge on any atom is 0.262 e. The highest BCUT2D eigenvalue weighted by Gasteiger charge is 2.34. The lowest BCUT2D eigenvalue weighted by molar-refractivity contribution is 0.0602. The van der Waals surface area contributed by atoms with Gasteiger partial charge >= 0.3 is 0 Å². The van der Waals surface area contributed by atoms with Crippen LogP contribution in [0.3, 0.4) is 0 Å². The Morgan fingerprint density at radius 2 is 1.63 bits per heavy atom. The van der Waals surface area contributed by atoms with Crippen LogP contribution in [0.25, 0.3) is 21.5 Å². The van der Waals surface area contributed by atoms with Crippen LogP contribution in [0.15, 0.2) is 42.5 Å². The van der Waals surface area contributed by atoms with Gasteiger partial charge in [-0.05, 0) is 43.1 Å². The van der Waals surface area contributed by atoms with Crippen molar-refractivity contribution in [3.63, 3.8) is 0 Å². The molecular formula is C22H23N3O2. The van der Waals surface area contributed by atoms with Crippen molar-refractivity contribution in [3.8, 4) is 0 Å². The number of rotatable bonds is 4. The highest BCUT2D eigenvalue weighted by atomic mass is 16.2. The second-order valence-electron chi connectivity index (χ2n) is 7.49. The third kappa shape index (κ3) is 2.66. The zero-order valence-corrected chi connectivity index (χ0v) is 16.1. The molecule has 0 aliphatic carbocycles. The van der Waals surface area contributed by atoms with E-state index >= 15 is 0 Å². The quantitative estimate of drug-likeness (QED) is 0.529. The van der Waals surface area contributed by atoms with Crippen molar-refractivity contribution in [1.82, 2.24) is 9.80 Å². The van der Waals surface area contributed by atoms with Crippen molar-refractivity contribution in [3.05, 3.63) is 53.6 Å². The SMILES string of the molecule is CN(C)CCN1C(=O)c2ccc(N(C)C)c3cc4ccccc4c(c23)C1=O. The Hall–Kier alpha value is -2.92. The molecule has 0 bridgehead atoms. The summed E-state index contributed by atoms with van der Waals surface area (Å²) >= 11 is 0. The second kappa shape index (κ2) is 6.35. The van der Waals surface area contributed by atoms with E-state index in [9.17, 15) is 9.59 Å². The third-order valence-corrected chi connectivity index (χ3v) is 5.19. The molecule has 4 rings (SSSR count). The van der Waals surface area contributed by atoms with Crippen LogP contribution in [-0.2, 0) is 0 Å². The number of nitrogens with zero attached hydrogens (tertiary/aromatic N) is 3. The van der Waals surface area contributed by atoms with Crippen LogP contribution in [0.5, 0.6) is 0 Å². The smallest absolute Gasteiger partial charge is 0.262 e. The predicted octanol–water partition coefficient (Wildman–Crippen LogP) is 3.22.